The highest BCUT2D eigenvalue weighted by Gasteiger charge is 2.30. The van der Waals surface area contributed by atoms with E-state index in [1.165, 1.54) is 6.07 Å². The van der Waals surface area contributed by atoms with Gasteiger partial charge in [-0.25, -0.2) is 0 Å². The molecule has 3 nitrogen and oxygen atoms in total. The molecule has 0 aromatic heterocycles. The third-order valence-electron chi connectivity index (χ3n) is 2.58. The quantitative estimate of drug-likeness (QED) is 0.779. The maximum Gasteiger partial charge on any atom is 0.416 e. The van der Waals surface area contributed by atoms with Crippen LogP contribution in [0.5, 0.6) is 0 Å². The Labute approximate surface area is 110 Å². The number of rotatable bonds is 7. The standard InChI is InChI=1S/C13H18F3NO2/c1-18-6-3-7-19-9-12(17)10-4-2-5-11(8-10)13(14,15)16/h2,4-5,8,12H,3,6-7,9,17H2,1H3. The highest BCUT2D eigenvalue weighted by Crippen LogP contribution is 2.30. The Hall–Kier alpha value is -1.11. The van der Waals surface area contributed by atoms with Crippen molar-refractivity contribution in [3.8, 4) is 0 Å². The number of alkyl halides is 3. The Morgan fingerprint density at radius 1 is 1.26 bits per heavy atom. The fraction of sp³-hybridized carbons (Fsp3) is 0.538. The number of hydrogen-bond donors (Lipinski definition) is 1. The van der Waals surface area contributed by atoms with Gasteiger partial charge in [-0.05, 0) is 24.1 Å². The van der Waals surface area contributed by atoms with Crippen molar-refractivity contribution in [3.63, 3.8) is 0 Å². The molecule has 19 heavy (non-hydrogen) atoms. The van der Waals surface area contributed by atoms with E-state index in [4.69, 9.17) is 15.2 Å². The van der Waals surface area contributed by atoms with Crippen molar-refractivity contribution in [2.75, 3.05) is 26.9 Å². The molecule has 0 saturated heterocycles. The smallest absolute Gasteiger partial charge is 0.385 e. The molecule has 0 aliphatic rings. The minimum Gasteiger partial charge on any atom is -0.385 e. The monoisotopic (exact) mass is 277 g/mol. The van der Waals surface area contributed by atoms with Gasteiger partial charge in [0.25, 0.3) is 0 Å². The molecule has 0 amide bonds. The number of ether oxygens (including phenoxy) is 2. The van der Waals surface area contributed by atoms with E-state index in [0.29, 0.717) is 18.8 Å². The third kappa shape index (κ3) is 5.59. The lowest BCUT2D eigenvalue weighted by molar-refractivity contribution is -0.137. The number of nitrogens with two attached hydrogens (primary N) is 1. The SMILES string of the molecule is COCCCOCC(N)c1cccc(C(F)(F)F)c1. The third-order valence-corrected chi connectivity index (χ3v) is 2.58. The Balaban J connectivity index is 2.50. The van der Waals surface area contributed by atoms with Crippen molar-refractivity contribution in [2.24, 2.45) is 5.73 Å². The molecule has 0 fully saturated rings. The van der Waals surface area contributed by atoms with E-state index in [9.17, 15) is 13.2 Å². The first-order chi connectivity index (χ1) is 8.95. The Morgan fingerprint density at radius 3 is 2.63 bits per heavy atom. The van der Waals surface area contributed by atoms with E-state index in [0.717, 1.165) is 18.6 Å². The second-order valence-corrected chi connectivity index (χ2v) is 4.15. The molecule has 1 aromatic carbocycles. The second-order valence-electron chi connectivity index (χ2n) is 4.15. The average molecular weight is 277 g/mol. The molecule has 0 heterocycles. The van der Waals surface area contributed by atoms with Crippen molar-refractivity contribution in [3.05, 3.63) is 35.4 Å². The summed E-state index contributed by atoms with van der Waals surface area (Å²) in [5.41, 5.74) is 5.52. The van der Waals surface area contributed by atoms with Crippen LogP contribution in [-0.2, 0) is 15.7 Å². The van der Waals surface area contributed by atoms with Crippen molar-refractivity contribution in [1.82, 2.24) is 0 Å². The molecule has 0 saturated carbocycles. The molecule has 0 bridgehead atoms. The van der Waals surface area contributed by atoms with Crippen LogP contribution in [0.25, 0.3) is 0 Å². The molecule has 6 heteroatoms. The summed E-state index contributed by atoms with van der Waals surface area (Å²) < 4.78 is 47.8. The van der Waals surface area contributed by atoms with Gasteiger partial charge in [0.15, 0.2) is 0 Å². The van der Waals surface area contributed by atoms with E-state index >= 15 is 0 Å². The lowest BCUT2D eigenvalue weighted by Crippen LogP contribution is -2.18. The number of methoxy groups -OCH3 is 1. The van der Waals surface area contributed by atoms with Crippen LogP contribution in [0.15, 0.2) is 24.3 Å². The van der Waals surface area contributed by atoms with Gasteiger partial charge in [0.2, 0.25) is 0 Å². The summed E-state index contributed by atoms with van der Waals surface area (Å²) >= 11 is 0. The summed E-state index contributed by atoms with van der Waals surface area (Å²) in [7, 11) is 1.59. The largest absolute Gasteiger partial charge is 0.416 e. The van der Waals surface area contributed by atoms with Gasteiger partial charge in [0.1, 0.15) is 0 Å². The molecular weight excluding hydrogens is 259 g/mol. The maximum atomic E-state index is 12.5. The van der Waals surface area contributed by atoms with Crippen molar-refractivity contribution < 1.29 is 22.6 Å². The Morgan fingerprint density at radius 2 is 2.00 bits per heavy atom. The number of hydrogen-bond acceptors (Lipinski definition) is 3. The first kappa shape index (κ1) is 15.9. The normalized spacial score (nSPS) is 13.5. The molecule has 0 aliphatic carbocycles. The van der Waals surface area contributed by atoms with Crippen molar-refractivity contribution in [2.45, 2.75) is 18.6 Å². The average Bonchev–Trinajstić information content (AvgIpc) is 2.37. The lowest BCUT2D eigenvalue weighted by Gasteiger charge is -2.14. The van der Waals surface area contributed by atoms with Gasteiger partial charge in [-0.15, -0.1) is 0 Å². The van der Waals surface area contributed by atoms with Gasteiger partial charge < -0.3 is 15.2 Å². The topological polar surface area (TPSA) is 44.5 Å². The van der Waals surface area contributed by atoms with E-state index in [1.54, 1.807) is 13.2 Å². The van der Waals surface area contributed by atoms with Crippen LogP contribution in [0.3, 0.4) is 0 Å². The maximum absolute atomic E-state index is 12.5. The minimum atomic E-state index is -4.35. The fourth-order valence-electron chi connectivity index (χ4n) is 1.56. The molecule has 0 aliphatic heterocycles. The molecule has 0 radical (unpaired) electrons. The fourth-order valence-corrected chi connectivity index (χ4v) is 1.56. The molecule has 1 rings (SSSR count). The predicted molar refractivity (Wildman–Crippen MR) is 65.7 cm³/mol. The molecule has 1 atom stereocenters. The number of halogens is 3. The van der Waals surface area contributed by atoms with Crippen molar-refractivity contribution >= 4 is 0 Å². The van der Waals surface area contributed by atoms with E-state index < -0.39 is 17.8 Å². The Bertz CT molecular complexity index is 382. The molecule has 0 spiro atoms. The first-order valence-electron chi connectivity index (χ1n) is 5.94. The zero-order valence-electron chi connectivity index (χ0n) is 10.7. The van der Waals surface area contributed by atoms with Gasteiger partial charge in [-0.2, -0.15) is 13.2 Å². The predicted octanol–water partition coefficient (Wildman–Crippen LogP) is 2.76. The van der Waals surface area contributed by atoms with Crippen LogP contribution < -0.4 is 5.73 Å². The molecule has 1 aromatic rings. The van der Waals surface area contributed by atoms with Gasteiger partial charge in [0.05, 0.1) is 18.2 Å². The minimum absolute atomic E-state index is 0.186. The summed E-state index contributed by atoms with van der Waals surface area (Å²) in [6.07, 6.45) is -3.62. The zero-order valence-corrected chi connectivity index (χ0v) is 10.7. The van der Waals surface area contributed by atoms with Crippen LogP contribution in [0.4, 0.5) is 13.2 Å². The zero-order chi connectivity index (χ0) is 14.3. The highest BCUT2D eigenvalue weighted by atomic mass is 19.4. The van der Waals surface area contributed by atoms with E-state index in [1.807, 2.05) is 0 Å². The molecule has 1 unspecified atom stereocenters. The summed E-state index contributed by atoms with van der Waals surface area (Å²) in [6.45, 7) is 1.24. The highest BCUT2D eigenvalue weighted by molar-refractivity contribution is 5.27. The second kappa shape index (κ2) is 7.47. The number of benzene rings is 1. The summed E-state index contributed by atoms with van der Waals surface area (Å²) in [5.74, 6) is 0. The van der Waals surface area contributed by atoms with Crippen LogP contribution >= 0.6 is 0 Å². The van der Waals surface area contributed by atoms with Gasteiger partial charge in [-0.3, -0.25) is 0 Å². The van der Waals surface area contributed by atoms with Crippen LogP contribution in [0.1, 0.15) is 23.6 Å². The van der Waals surface area contributed by atoms with Gasteiger partial charge >= 0.3 is 6.18 Å². The molecule has 2 N–H and O–H groups in total. The molecule has 108 valence electrons. The van der Waals surface area contributed by atoms with Crippen LogP contribution in [0.2, 0.25) is 0 Å². The Kier molecular flexibility index (Phi) is 6.27. The van der Waals surface area contributed by atoms with Crippen LogP contribution in [0, 0.1) is 0 Å². The van der Waals surface area contributed by atoms with Crippen LogP contribution in [-0.4, -0.2) is 26.9 Å². The summed E-state index contributed by atoms with van der Waals surface area (Å²) in [4.78, 5) is 0. The van der Waals surface area contributed by atoms with E-state index in [2.05, 4.69) is 0 Å². The summed E-state index contributed by atoms with van der Waals surface area (Å²) in [6, 6.07) is 4.44. The summed E-state index contributed by atoms with van der Waals surface area (Å²) in [5, 5.41) is 0. The lowest BCUT2D eigenvalue weighted by atomic mass is 10.0. The van der Waals surface area contributed by atoms with Crippen molar-refractivity contribution in [1.29, 1.82) is 0 Å². The first-order valence-corrected chi connectivity index (χ1v) is 5.94. The van der Waals surface area contributed by atoms with Gasteiger partial charge in [0, 0.05) is 20.3 Å². The van der Waals surface area contributed by atoms with E-state index in [-0.39, 0.29) is 6.61 Å². The molecular formula is C13H18F3NO2. The van der Waals surface area contributed by atoms with Gasteiger partial charge in [-0.1, -0.05) is 12.1 Å².